The molecule has 0 radical (unpaired) electrons. The topological polar surface area (TPSA) is 255 Å². The summed E-state index contributed by atoms with van der Waals surface area (Å²) >= 11 is 12.3. The van der Waals surface area contributed by atoms with Gasteiger partial charge < -0.3 is 60.9 Å². The van der Waals surface area contributed by atoms with Crippen LogP contribution in [0.5, 0.6) is 46.0 Å². The zero-order valence-electron chi connectivity index (χ0n) is 50.8. The molecule has 0 saturated carbocycles. The third-order valence-electron chi connectivity index (χ3n) is 13.4. The normalized spacial score (nSPS) is 11.2. The molecule has 8 aromatic rings. The van der Waals surface area contributed by atoms with Gasteiger partial charge in [0.25, 0.3) is 23.6 Å². The van der Waals surface area contributed by atoms with Crippen LogP contribution < -0.4 is 45.5 Å². The second-order valence-corrected chi connectivity index (χ2v) is 21.3. The highest BCUT2D eigenvalue weighted by molar-refractivity contribution is 6.37. The number of phenols is 3. The molecule has 5 amide bonds. The van der Waals surface area contributed by atoms with Gasteiger partial charge in [-0.05, 0) is 161 Å². The first-order valence-electron chi connectivity index (χ1n) is 28.4. The fourth-order valence-corrected chi connectivity index (χ4v) is 9.12. The van der Waals surface area contributed by atoms with Gasteiger partial charge in [0.05, 0.1) is 40.6 Å². The number of amides is 5. The molecule has 464 valence electrons. The fourth-order valence-electron chi connectivity index (χ4n) is 8.40. The van der Waals surface area contributed by atoms with Gasteiger partial charge in [-0.15, -0.1) is 0 Å². The van der Waals surface area contributed by atoms with Crippen molar-refractivity contribution >= 4 is 93.6 Å². The van der Waals surface area contributed by atoms with E-state index in [1.807, 2.05) is 84.0 Å². The van der Waals surface area contributed by atoms with Crippen LogP contribution in [0.3, 0.4) is 0 Å². The van der Waals surface area contributed by atoms with Gasteiger partial charge in [-0.3, -0.25) is 29.0 Å². The number of methoxy groups -OCH3 is 1. The van der Waals surface area contributed by atoms with Crippen LogP contribution in [0.4, 0.5) is 34.1 Å². The highest BCUT2D eigenvalue weighted by Crippen LogP contribution is 2.41. The monoisotopic (exact) mass is 1250 g/mol. The predicted octanol–water partition coefficient (Wildman–Crippen LogP) is 15.8. The highest BCUT2D eigenvalue weighted by atomic mass is 35.5. The Labute approximate surface area is 527 Å². The van der Waals surface area contributed by atoms with E-state index in [1.165, 1.54) is 30.3 Å². The number of carbonyl (C=O) groups excluding carboxylic acids is 5. The largest absolute Gasteiger partial charge is 0.506 e. The van der Waals surface area contributed by atoms with E-state index in [-0.39, 0.29) is 80.3 Å². The number of aromatic hydroxyl groups is 3. The molecule has 89 heavy (non-hydrogen) atoms. The van der Waals surface area contributed by atoms with Gasteiger partial charge >= 0.3 is 0 Å². The van der Waals surface area contributed by atoms with Gasteiger partial charge in [-0.2, -0.15) is 0 Å². The Hall–Kier alpha value is -10.0. The number of nitrogens with one attached hydrogen (secondary N) is 5. The van der Waals surface area contributed by atoms with E-state index in [0.29, 0.717) is 75.3 Å². The Morgan fingerprint density at radius 3 is 1.73 bits per heavy atom. The molecule has 0 fully saturated rings. The molecule has 0 aromatic heterocycles. The summed E-state index contributed by atoms with van der Waals surface area (Å²) in [6.07, 6.45) is 0.142. The van der Waals surface area contributed by atoms with Crippen molar-refractivity contribution in [1.82, 2.24) is 0 Å². The third kappa shape index (κ3) is 19.5. The lowest BCUT2D eigenvalue weighted by Gasteiger charge is -2.20. The molecular weight excluding hydrogens is 1180 g/mol. The van der Waals surface area contributed by atoms with Crippen molar-refractivity contribution in [2.24, 2.45) is 10.9 Å². The maximum Gasteiger partial charge on any atom is 0.265 e. The summed E-state index contributed by atoms with van der Waals surface area (Å²) in [7, 11) is 1.56. The van der Waals surface area contributed by atoms with Crippen molar-refractivity contribution in [3.05, 3.63) is 201 Å². The van der Waals surface area contributed by atoms with Gasteiger partial charge in [0, 0.05) is 46.0 Å². The van der Waals surface area contributed by atoms with Crippen LogP contribution >= 0.6 is 23.2 Å². The number of carbonyl (C=O) groups is 5. The van der Waals surface area contributed by atoms with Crippen LogP contribution in [-0.2, 0) is 20.8 Å². The zero-order valence-corrected chi connectivity index (χ0v) is 52.3. The first kappa shape index (κ1) is 68.1. The molecule has 2 unspecified atom stereocenters. The molecular formula is C69H72Cl2N6O12. The Balaban J connectivity index is 0.000000214. The number of halogens is 2. The lowest BCUT2D eigenvalue weighted by molar-refractivity contribution is -0.123. The van der Waals surface area contributed by atoms with Gasteiger partial charge in [0.2, 0.25) is 5.91 Å². The molecule has 18 nitrogen and oxygen atoms in total. The van der Waals surface area contributed by atoms with Gasteiger partial charge in [0.15, 0.2) is 23.7 Å². The van der Waals surface area contributed by atoms with E-state index in [0.717, 1.165) is 16.7 Å². The smallest absolute Gasteiger partial charge is 0.265 e. The van der Waals surface area contributed by atoms with Gasteiger partial charge in [0.1, 0.15) is 34.5 Å². The van der Waals surface area contributed by atoms with E-state index in [4.69, 9.17) is 42.1 Å². The minimum Gasteiger partial charge on any atom is -0.506 e. The Morgan fingerprint density at radius 1 is 0.539 bits per heavy atom. The number of hydrogen-bond donors (Lipinski definition) is 8. The number of hydrogen-bond acceptors (Lipinski definition) is 13. The lowest BCUT2D eigenvalue weighted by atomic mass is 10.1. The van der Waals surface area contributed by atoms with Crippen LogP contribution in [0.2, 0.25) is 10.0 Å². The quantitative estimate of drug-likeness (QED) is 0.0247. The van der Waals surface area contributed by atoms with Crippen LogP contribution in [0.15, 0.2) is 163 Å². The standard InChI is InChI=1S/C25H25N3O5.C24H24N2O4.C20H23Cl2NO3/c1-15(2)24(30)28-21-13-22(29)20(27-25(31)16-5-7-17(26-3)8-6-16)14-23(21)33-19-11-9-18(32-4)10-12-19;1-3-22(30-19-11-7-8-16(2)14-19)24(29)25-18-12-13-20(21(27)15-18)26-23(28)17-9-5-4-6-10-17;1-5-13-14(21)10-15(19(24)18(13)22)23-20(25)16(6-2)26-17-8-7-11(3)9-12(17)4/h5-15,29H,3H2,1-2,4H3,(H,27,31)(H,28,30);4-15,22,27H,3H2,1-2H3,(H,25,29)(H,26,28);7-10,16,24H,5-6H2,1-4H3,(H,23,25). The predicted molar refractivity (Wildman–Crippen MR) is 352 cm³/mol. The first-order valence-corrected chi connectivity index (χ1v) is 29.2. The molecule has 0 heterocycles. The van der Waals surface area contributed by atoms with E-state index >= 15 is 0 Å². The minimum absolute atomic E-state index is 0.122. The molecule has 0 aliphatic heterocycles. The number of aryl methyl sites for hydroxylation is 3. The van der Waals surface area contributed by atoms with Crippen molar-refractivity contribution < 1.29 is 58.2 Å². The summed E-state index contributed by atoms with van der Waals surface area (Å²) in [6, 6.07) is 44.2. The average Bonchev–Trinajstić information content (AvgIpc) is 1.72. The van der Waals surface area contributed by atoms with Crippen molar-refractivity contribution in [3.8, 4) is 46.0 Å². The average molecular weight is 1250 g/mol. The van der Waals surface area contributed by atoms with Crippen molar-refractivity contribution in [3.63, 3.8) is 0 Å². The Bertz CT molecular complexity index is 3790. The summed E-state index contributed by atoms with van der Waals surface area (Å²) in [4.78, 5) is 66.2. The molecule has 8 rings (SSSR count). The fraction of sp³-hybridized carbons (Fsp3) is 0.217. The molecule has 0 spiro atoms. The van der Waals surface area contributed by atoms with Crippen LogP contribution in [0.25, 0.3) is 0 Å². The van der Waals surface area contributed by atoms with E-state index in [1.54, 1.807) is 106 Å². The van der Waals surface area contributed by atoms with Gasteiger partial charge in [-0.25, -0.2) is 0 Å². The number of aliphatic imine (C=N–C) groups is 1. The summed E-state index contributed by atoms with van der Waals surface area (Å²) in [5, 5.41) is 45.1. The number of benzene rings is 8. The second-order valence-electron chi connectivity index (χ2n) is 20.5. The third-order valence-corrected chi connectivity index (χ3v) is 14.1. The zero-order chi connectivity index (χ0) is 64.9. The summed E-state index contributed by atoms with van der Waals surface area (Å²) < 4.78 is 22.8. The number of phenolic OH excluding ortho intramolecular Hbond substituents is 3. The van der Waals surface area contributed by atoms with E-state index in [9.17, 15) is 39.3 Å². The van der Waals surface area contributed by atoms with E-state index in [2.05, 4.69) is 38.3 Å². The molecule has 8 N–H and O–H groups in total. The molecule has 20 heteroatoms. The molecule has 0 saturated heterocycles. The molecule has 2 atom stereocenters. The van der Waals surface area contributed by atoms with E-state index < -0.39 is 18.1 Å². The molecule has 8 aromatic carbocycles. The minimum atomic E-state index is -0.709. The van der Waals surface area contributed by atoms with Crippen molar-refractivity contribution in [1.29, 1.82) is 0 Å². The number of rotatable bonds is 21. The van der Waals surface area contributed by atoms with Crippen LogP contribution in [0, 0.1) is 26.7 Å². The highest BCUT2D eigenvalue weighted by Gasteiger charge is 2.24. The maximum absolute atomic E-state index is 12.7. The lowest BCUT2D eigenvalue weighted by Crippen LogP contribution is -2.32. The summed E-state index contributed by atoms with van der Waals surface area (Å²) in [5.41, 5.74) is 6.47. The molecule has 0 bridgehead atoms. The maximum atomic E-state index is 12.7. The molecule has 0 aliphatic rings. The Kier molecular flexibility index (Phi) is 25.0. The van der Waals surface area contributed by atoms with Crippen LogP contribution in [0.1, 0.15) is 90.4 Å². The number of nitrogens with zero attached hydrogens (tertiary/aromatic N) is 1. The Morgan fingerprint density at radius 2 is 1.13 bits per heavy atom. The number of anilines is 5. The number of ether oxygens (including phenoxy) is 4. The van der Waals surface area contributed by atoms with Gasteiger partial charge in [-0.1, -0.05) is 106 Å². The summed E-state index contributed by atoms with van der Waals surface area (Å²) in [5.74, 6) is 0.0929. The van der Waals surface area contributed by atoms with Crippen molar-refractivity contribution in [2.45, 2.75) is 86.9 Å². The second kappa shape index (κ2) is 32.6. The van der Waals surface area contributed by atoms with Crippen molar-refractivity contribution in [2.75, 3.05) is 33.7 Å². The first-order chi connectivity index (χ1) is 42.5. The molecule has 0 aliphatic carbocycles. The SMILES string of the molecule is C=Nc1ccc(C(=O)Nc2cc(Oc3ccc(OC)cc3)c(NC(=O)C(C)C)cc2O)cc1.CCC(Oc1cccc(C)c1)C(=O)Nc1ccc(NC(=O)c2ccccc2)c(O)c1.CCc1c(Cl)cc(NC(=O)C(CC)Oc2ccc(C)cc2C)c(O)c1Cl. The summed E-state index contributed by atoms with van der Waals surface area (Å²) in [6.45, 7) is 18.4. The van der Waals surface area contributed by atoms with Crippen LogP contribution in [-0.4, -0.2) is 70.9 Å².